The number of nitrogens with one attached hydrogen (secondary N) is 1. The summed E-state index contributed by atoms with van der Waals surface area (Å²) in [5, 5.41) is 3.52. The highest BCUT2D eigenvalue weighted by Crippen LogP contribution is 2.27. The minimum atomic E-state index is -3.00. The third-order valence-electron chi connectivity index (χ3n) is 2.94. The quantitative estimate of drug-likeness (QED) is 0.836. The molecule has 0 aliphatic carbocycles. The second kappa shape index (κ2) is 4.35. The molecule has 16 heavy (non-hydrogen) atoms. The second-order valence-corrected chi connectivity index (χ2v) is 6.99. The molecule has 0 aromatic heterocycles. The largest absolute Gasteiger partial charge is 0.308 e. The number of benzene rings is 1. The van der Waals surface area contributed by atoms with E-state index in [0.717, 1.165) is 5.56 Å². The van der Waals surface area contributed by atoms with Gasteiger partial charge in [0.1, 0.15) is 0 Å². The highest BCUT2D eigenvalue weighted by Gasteiger charge is 2.32. The monoisotopic (exact) mass is 259 g/mol. The lowest BCUT2D eigenvalue weighted by atomic mass is 10.1. The second-order valence-electron chi connectivity index (χ2n) is 4.12. The van der Waals surface area contributed by atoms with Crippen LogP contribution in [0.25, 0.3) is 0 Å². The number of hydrogen-bond acceptors (Lipinski definition) is 3. The number of rotatable bonds is 1. The van der Waals surface area contributed by atoms with Crippen LogP contribution in [0, 0.1) is 0 Å². The minimum Gasteiger partial charge on any atom is -0.308 e. The van der Waals surface area contributed by atoms with Crippen molar-refractivity contribution in [1.82, 2.24) is 5.32 Å². The smallest absolute Gasteiger partial charge is 0.156 e. The van der Waals surface area contributed by atoms with Crippen molar-refractivity contribution in [2.45, 2.75) is 18.2 Å². The van der Waals surface area contributed by atoms with Crippen molar-refractivity contribution in [3.8, 4) is 0 Å². The van der Waals surface area contributed by atoms with Crippen molar-refractivity contribution < 1.29 is 8.42 Å². The molecule has 0 radical (unpaired) electrons. The molecule has 3 nitrogen and oxygen atoms in total. The van der Waals surface area contributed by atoms with Crippen LogP contribution in [0.3, 0.4) is 0 Å². The van der Waals surface area contributed by atoms with Crippen LogP contribution in [0.15, 0.2) is 24.3 Å². The Hall–Kier alpha value is -0.580. The zero-order valence-electron chi connectivity index (χ0n) is 8.98. The summed E-state index contributed by atoms with van der Waals surface area (Å²) in [6.45, 7) is 2.21. The zero-order valence-corrected chi connectivity index (χ0v) is 10.6. The Morgan fingerprint density at radius 3 is 2.69 bits per heavy atom. The molecule has 1 aliphatic rings. The van der Waals surface area contributed by atoms with Crippen LogP contribution in [0.2, 0.25) is 5.02 Å². The summed E-state index contributed by atoms with van der Waals surface area (Å²) in [4.78, 5) is 0. The van der Waals surface area contributed by atoms with Crippen molar-refractivity contribution >= 4 is 21.4 Å². The van der Waals surface area contributed by atoms with E-state index in [9.17, 15) is 8.42 Å². The van der Waals surface area contributed by atoms with Crippen LogP contribution < -0.4 is 5.32 Å². The summed E-state index contributed by atoms with van der Waals surface area (Å²) >= 11 is 6.05. The van der Waals surface area contributed by atoms with Crippen LogP contribution in [-0.2, 0) is 9.84 Å². The summed E-state index contributed by atoms with van der Waals surface area (Å²) < 4.78 is 23.6. The normalized spacial score (nSPS) is 28.9. The third kappa shape index (κ3) is 2.24. The van der Waals surface area contributed by atoms with Crippen molar-refractivity contribution in [1.29, 1.82) is 0 Å². The fourth-order valence-corrected chi connectivity index (χ4v) is 3.56. The van der Waals surface area contributed by atoms with Crippen molar-refractivity contribution in [3.63, 3.8) is 0 Å². The molecule has 1 aromatic carbocycles. The van der Waals surface area contributed by atoms with E-state index in [1.165, 1.54) is 0 Å². The molecule has 0 amide bonds. The topological polar surface area (TPSA) is 46.2 Å². The molecule has 88 valence electrons. The molecule has 5 heteroatoms. The maximum Gasteiger partial charge on any atom is 0.156 e. The van der Waals surface area contributed by atoms with Gasteiger partial charge in [0.2, 0.25) is 0 Å². The van der Waals surface area contributed by atoms with E-state index in [0.29, 0.717) is 11.6 Å². The van der Waals surface area contributed by atoms with E-state index >= 15 is 0 Å². The van der Waals surface area contributed by atoms with E-state index in [1.54, 1.807) is 13.0 Å². The molecule has 1 heterocycles. The highest BCUT2D eigenvalue weighted by molar-refractivity contribution is 7.92. The lowest BCUT2D eigenvalue weighted by molar-refractivity contribution is 0.502. The SMILES string of the molecule is CC1CNC(c2ccccc2Cl)CS1(=O)=O. The van der Waals surface area contributed by atoms with Crippen molar-refractivity contribution in [2.24, 2.45) is 0 Å². The average molecular weight is 260 g/mol. The van der Waals surface area contributed by atoms with Gasteiger partial charge in [-0.05, 0) is 18.6 Å². The predicted octanol–water partition coefficient (Wildman–Crippen LogP) is 1.79. The summed E-state index contributed by atoms with van der Waals surface area (Å²) in [7, 11) is -3.00. The summed E-state index contributed by atoms with van der Waals surface area (Å²) in [5.41, 5.74) is 0.861. The Morgan fingerprint density at radius 2 is 2.06 bits per heavy atom. The first kappa shape index (κ1) is 11.9. The molecule has 0 spiro atoms. The van der Waals surface area contributed by atoms with E-state index in [-0.39, 0.29) is 17.0 Å². The Kier molecular flexibility index (Phi) is 3.24. The van der Waals surface area contributed by atoms with Crippen LogP contribution in [0.5, 0.6) is 0 Å². The van der Waals surface area contributed by atoms with Crippen LogP contribution in [0.4, 0.5) is 0 Å². The van der Waals surface area contributed by atoms with Gasteiger partial charge in [-0.25, -0.2) is 8.42 Å². The van der Waals surface area contributed by atoms with Crippen LogP contribution >= 0.6 is 11.6 Å². The Morgan fingerprint density at radius 1 is 1.38 bits per heavy atom. The number of sulfone groups is 1. The maximum atomic E-state index is 11.8. The molecule has 2 atom stereocenters. The average Bonchev–Trinajstić information content (AvgIpc) is 2.23. The van der Waals surface area contributed by atoms with E-state index in [1.807, 2.05) is 18.2 Å². The summed E-state index contributed by atoms with van der Waals surface area (Å²) in [5.74, 6) is 0.123. The van der Waals surface area contributed by atoms with Crippen molar-refractivity contribution in [3.05, 3.63) is 34.9 Å². The Labute approximate surface area is 101 Å². The van der Waals surface area contributed by atoms with Crippen LogP contribution in [-0.4, -0.2) is 26.0 Å². The van der Waals surface area contributed by atoms with Gasteiger partial charge in [0, 0.05) is 17.6 Å². The van der Waals surface area contributed by atoms with E-state index in [4.69, 9.17) is 11.6 Å². The molecule has 0 bridgehead atoms. The van der Waals surface area contributed by atoms with Gasteiger partial charge in [-0.1, -0.05) is 29.8 Å². The molecule has 1 saturated heterocycles. The summed E-state index contributed by atoms with van der Waals surface area (Å²) in [6, 6.07) is 7.17. The zero-order chi connectivity index (χ0) is 11.8. The first-order chi connectivity index (χ1) is 7.50. The molecule has 2 rings (SSSR count). The lowest BCUT2D eigenvalue weighted by Crippen LogP contribution is -2.44. The van der Waals surface area contributed by atoms with E-state index < -0.39 is 9.84 Å². The third-order valence-corrected chi connectivity index (χ3v) is 5.48. The Bertz CT molecular complexity index is 487. The fourth-order valence-electron chi connectivity index (χ4n) is 1.85. The van der Waals surface area contributed by atoms with Gasteiger partial charge in [-0.2, -0.15) is 0 Å². The number of hydrogen-bond donors (Lipinski definition) is 1. The molecular formula is C11H14ClNO2S. The lowest BCUT2D eigenvalue weighted by Gasteiger charge is -2.28. The molecule has 1 aromatic rings. The molecule has 1 aliphatic heterocycles. The fraction of sp³-hybridized carbons (Fsp3) is 0.455. The minimum absolute atomic E-state index is 0.123. The molecule has 1 fully saturated rings. The van der Waals surface area contributed by atoms with Gasteiger partial charge < -0.3 is 5.32 Å². The predicted molar refractivity (Wildman–Crippen MR) is 65.4 cm³/mol. The Balaban J connectivity index is 2.28. The number of halogens is 1. The first-order valence-electron chi connectivity index (χ1n) is 5.20. The van der Waals surface area contributed by atoms with Gasteiger partial charge in [-0.3, -0.25) is 0 Å². The molecule has 2 unspecified atom stereocenters. The van der Waals surface area contributed by atoms with E-state index in [2.05, 4.69) is 5.32 Å². The van der Waals surface area contributed by atoms with Gasteiger partial charge in [0.15, 0.2) is 9.84 Å². The first-order valence-corrected chi connectivity index (χ1v) is 7.29. The van der Waals surface area contributed by atoms with Gasteiger partial charge in [0.25, 0.3) is 0 Å². The van der Waals surface area contributed by atoms with Crippen molar-refractivity contribution in [2.75, 3.05) is 12.3 Å². The van der Waals surface area contributed by atoms with Crippen LogP contribution in [0.1, 0.15) is 18.5 Å². The highest BCUT2D eigenvalue weighted by atomic mass is 35.5. The molecule has 0 saturated carbocycles. The molecule has 1 N–H and O–H groups in total. The summed E-state index contributed by atoms with van der Waals surface area (Å²) in [6.07, 6.45) is 0. The molecular weight excluding hydrogens is 246 g/mol. The van der Waals surface area contributed by atoms with Gasteiger partial charge in [-0.15, -0.1) is 0 Å². The maximum absolute atomic E-state index is 11.8. The van der Waals surface area contributed by atoms with Gasteiger partial charge >= 0.3 is 0 Å². The van der Waals surface area contributed by atoms with Gasteiger partial charge in [0.05, 0.1) is 11.0 Å². The standard InChI is InChI=1S/C11H14ClNO2S/c1-8-6-13-11(7-16(8,14)15)9-4-2-3-5-10(9)12/h2-5,8,11,13H,6-7H2,1H3.